The van der Waals surface area contributed by atoms with E-state index >= 15 is 0 Å². The molecule has 0 aliphatic carbocycles. The van der Waals surface area contributed by atoms with Gasteiger partial charge >= 0.3 is 0 Å². The average molecular weight is 474 g/mol. The van der Waals surface area contributed by atoms with Gasteiger partial charge in [-0.25, -0.2) is 4.68 Å². The maximum atomic E-state index is 13.1. The van der Waals surface area contributed by atoms with Crippen LogP contribution >= 0.6 is 23.4 Å². The molecule has 2 N–H and O–H groups in total. The Morgan fingerprint density at radius 1 is 1.22 bits per heavy atom. The van der Waals surface area contributed by atoms with Crippen LogP contribution in [0.2, 0.25) is 5.02 Å². The predicted octanol–water partition coefficient (Wildman–Crippen LogP) is 3.52. The SMILES string of the molecule is COCCCNC(=O)[C@H]1Sc2nnc(-c3ccccc3)n2N[C@@H]1c1ccc(OC)c(Cl)c1. The maximum absolute atomic E-state index is 13.1. The van der Waals surface area contributed by atoms with Gasteiger partial charge in [-0.2, -0.15) is 0 Å². The predicted molar refractivity (Wildman–Crippen MR) is 125 cm³/mol. The van der Waals surface area contributed by atoms with Crippen molar-refractivity contribution >= 4 is 29.3 Å². The number of methoxy groups -OCH3 is 2. The highest BCUT2D eigenvalue weighted by molar-refractivity contribution is 8.00. The van der Waals surface area contributed by atoms with E-state index < -0.39 is 5.25 Å². The Bertz CT molecular complexity index is 1080. The Balaban J connectivity index is 1.67. The van der Waals surface area contributed by atoms with Crippen LogP contribution in [0.4, 0.5) is 0 Å². The van der Waals surface area contributed by atoms with Gasteiger partial charge < -0.3 is 20.2 Å². The van der Waals surface area contributed by atoms with Crippen LogP contribution in [0, 0.1) is 0 Å². The zero-order chi connectivity index (χ0) is 22.5. The molecule has 10 heteroatoms. The summed E-state index contributed by atoms with van der Waals surface area (Å²) in [6.45, 7) is 1.12. The van der Waals surface area contributed by atoms with Crippen molar-refractivity contribution in [2.45, 2.75) is 22.9 Å². The van der Waals surface area contributed by atoms with Crippen LogP contribution in [-0.2, 0) is 9.53 Å². The first-order valence-electron chi connectivity index (χ1n) is 10.2. The second kappa shape index (κ2) is 10.2. The number of hydrogen-bond acceptors (Lipinski definition) is 7. The van der Waals surface area contributed by atoms with E-state index in [1.807, 2.05) is 47.1 Å². The number of fused-ring (bicyclic) bond motifs is 1. The van der Waals surface area contributed by atoms with E-state index in [2.05, 4.69) is 20.9 Å². The number of nitrogens with one attached hydrogen (secondary N) is 2. The third-order valence-corrected chi connectivity index (χ3v) is 6.60. The molecule has 0 radical (unpaired) electrons. The van der Waals surface area contributed by atoms with E-state index in [0.29, 0.717) is 34.9 Å². The Hall–Kier alpha value is -2.75. The van der Waals surface area contributed by atoms with Crippen LogP contribution in [-0.4, -0.2) is 53.4 Å². The number of hydrogen-bond donors (Lipinski definition) is 2. The highest BCUT2D eigenvalue weighted by atomic mass is 35.5. The largest absolute Gasteiger partial charge is 0.495 e. The van der Waals surface area contributed by atoms with Gasteiger partial charge in [0.2, 0.25) is 11.1 Å². The van der Waals surface area contributed by atoms with Crippen molar-refractivity contribution in [3.8, 4) is 17.1 Å². The van der Waals surface area contributed by atoms with Crippen LogP contribution < -0.4 is 15.5 Å². The molecule has 3 aromatic rings. The average Bonchev–Trinajstić information content (AvgIpc) is 3.24. The van der Waals surface area contributed by atoms with E-state index in [4.69, 9.17) is 21.1 Å². The number of carbonyl (C=O) groups excluding carboxylic acids is 1. The first-order valence-corrected chi connectivity index (χ1v) is 11.4. The summed E-state index contributed by atoms with van der Waals surface area (Å²) in [6, 6.07) is 15.0. The molecule has 4 rings (SSSR count). The zero-order valence-corrected chi connectivity index (χ0v) is 19.3. The zero-order valence-electron chi connectivity index (χ0n) is 17.7. The smallest absolute Gasteiger partial charge is 0.236 e. The fraction of sp³-hybridized carbons (Fsp3) is 0.318. The third-order valence-electron chi connectivity index (χ3n) is 5.09. The van der Waals surface area contributed by atoms with Gasteiger partial charge in [0.1, 0.15) is 11.0 Å². The molecule has 8 nitrogen and oxygen atoms in total. The molecule has 168 valence electrons. The van der Waals surface area contributed by atoms with Crippen molar-refractivity contribution in [1.29, 1.82) is 0 Å². The molecular weight excluding hydrogens is 450 g/mol. The summed E-state index contributed by atoms with van der Waals surface area (Å²) >= 11 is 7.77. The number of carbonyl (C=O) groups is 1. The Labute approximate surface area is 195 Å². The molecule has 1 amide bonds. The van der Waals surface area contributed by atoms with Crippen molar-refractivity contribution < 1.29 is 14.3 Å². The Kier molecular flexibility index (Phi) is 7.19. The third kappa shape index (κ3) is 4.69. The molecule has 0 unspecified atom stereocenters. The number of aromatic nitrogens is 3. The number of ether oxygens (including phenoxy) is 2. The first kappa shape index (κ1) is 22.4. The van der Waals surface area contributed by atoms with Crippen LogP contribution in [0.5, 0.6) is 5.75 Å². The first-order chi connectivity index (χ1) is 15.6. The lowest BCUT2D eigenvalue weighted by Crippen LogP contribution is -2.44. The molecule has 1 aliphatic heterocycles. The molecule has 0 fully saturated rings. The molecule has 32 heavy (non-hydrogen) atoms. The van der Waals surface area contributed by atoms with Gasteiger partial charge in [0, 0.05) is 25.8 Å². The van der Waals surface area contributed by atoms with Gasteiger partial charge in [-0.1, -0.05) is 59.8 Å². The number of thioether (sulfide) groups is 1. The number of nitrogens with zero attached hydrogens (tertiary/aromatic N) is 3. The molecule has 0 saturated carbocycles. The molecule has 2 atom stereocenters. The quantitative estimate of drug-likeness (QED) is 0.484. The van der Waals surface area contributed by atoms with Gasteiger partial charge in [-0.15, -0.1) is 10.2 Å². The molecule has 0 saturated heterocycles. The van der Waals surface area contributed by atoms with E-state index in [0.717, 1.165) is 17.5 Å². The second-order valence-electron chi connectivity index (χ2n) is 7.18. The highest BCUT2D eigenvalue weighted by Gasteiger charge is 2.38. The highest BCUT2D eigenvalue weighted by Crippen LogP contribution is 2.40. The summed E-state index contributed by atoms with van der Waals surface area (Å²) in [7, 11) is 3.21. The van der Waals surface area contributed by atoms with Crippen molar-refractivity contribution in [3.05, 3.63) is 59.1 Å². The standard InChI is InChI=1S/C22H24ClN5O3S/c1-30-12-6-11-24-21(29)19-18(15-9-10-17(31-2)16(23)13-15)27-28-20(25-26-22(28)32-19)14-7-4-3-5-8-14/h3-5,7-10,13,18-19,27H,6,11-12H2,1-2H3,(H,24,29)/t18-,19+/m1/s1. The molecular formula is C22H24ClN5O3S. The van der Waals surface area contributed by atoms with Crippen molar-refractivity contribution in [1.82, 2.24) is 20.2 Å². The number of amides is 1. The van der Waals surface area contributed by atoms with Gasteiger partial charge in [-0.3, -0.25) is 4.79 Å². The summed E-state index contributed by atoms with van der Waals surface area (Å²) in [5, 5.41) is 12.3. The molecule has 0 spiro atoms. The molecule has 0 bridgehead atoms. The second-order valence-corrected chi connectivity index (χ2v) is 8.70. The van der Waals surface area contributed by atoms with Crippen LogP contribution in [0.3, 0.4) is 0 Å². The molecule has 1 aliphatic rings. The lowest BCUT2D eigenvalue weighted by molar-refractivity contribution is -0.121. The van der Waals surface area contributed by atoms with E-state index in [1.54, 1.807) is 20.3 Å². The van der Waals surface area contributed by atoms with Crippen molar-refractivity contribution in [3.63, 3.8) is 0 Å². The van der Waals surface area contributed by atoms with Crippen molar-refractivity contribution in [2.24, 2.45) is 0 Å². The molecule has 1 aromatic heterocycles. The van der Waals surface area contributed by atoms with Gasteiger partial charge in [-0.05, 0) is 24.1 Å². The van der Waals surface area contributed by atoms with Crippen LogP contribution in [0.15, 0.2) is 53.7 Å². The number of benzene rings is 2. The molecule has 2 aromatic carbocycles. The lowest BCUT2D eigenvalue weighted by Gasteiger charge is -2.33. The molecule has 2 heterocycles. The minimum atomic E-state index is -0.470. The summed E-state index contributed by atoms with van der Waals surface area (Å²) in [5.74, 6) is 1.16. The minimum absolute atomic E-state index is 0.0916. The van der Waals surface area contributed by atoms with Gasteiger partial charge in [0.25, 0.3) is 0 Å². The topological polar surface area (TPSA) is 90.3 Å². The van der Waals surface area contributed by atoms with Crippen LogP contribution in [0.1, 0.15) is 18.0 Å². The maximum Gasteiger partial charge on any atom is 0.236 e. The normalized spacial score (nSPS) is 17.3. The number of halogens is 1. The fourth-order valence-corrected chi connectivity index (χ4v) is 4.85. The Morgan fingerprint density at radius 3 is 2.75 bits per heavy atom. The van der Waals surface area contributed by atoms with E-state index in [1.165, 1.54) is 11.8 Å². The van der Waals surface area contributed by atoms with Crippen LogP contribution in [0.25, 0.3) is 11.4 Å². The monoisotopic (exact) mass is 473 g/mol. The summed E-state index contributed by atoms with van der Waals surface area (Å²) in [4.78, 5) is 13.1. The fourth-order valence-electron chi connectivity index (χ4n) is 3.48. The lowest BCUT2D eigenvalue weighted by atomic mass is 10.0. The van der Waals surface area contributed by atoms with E-state index in [-0.39, 0.29) is 11.9 Å². The number of rotatable bonds is 8. The van der Waals surface area contributed by atoms with E-state index in [9.17, 15) is 4.79 Å². The Morgan fingerprint density at radius 2 is 2.03 bits per heavy atom. The summed E-state index contributed by atoms with van der Waals surface area (Å²) in [6.07, 6.45) is 0.737. The minimum Gasteiger partial charge on any atom is -0.495 e. The van der Waals surface area contributed by atoms with Gasteiger partial charge in [0.15, 0.2) is 5.82 Å². The summed E-state index contributed by atoms with van der Waals surface area (Å²) in [5.41, 5.74) is 5.23. The van der Waals surface area contributed by atoms with Crippen molar-refractivity contribution in [2.75, 3.05) is 32.8 Å². The van der Waals surface area contributed by atoms with Gasteiger partial charge in [0.05, 0.1) is 18.2 Å². The summed E-state index contributed by atoms with van der Waals surface area (Å²) < 4.78 is 12.2.